The molecule has 5 rings (SSSR count). The zero-order valence-corrected chi connectivity index (χ0v) is 16.7. The van der Waals surface area contributed by atoms with Crippen molar-refractivity contribution in [2.75, 3.05) is 0 Å². The summed E-state index contributed by atoms with van der Waals surface area (Å²) in [5, 5.41) is 13.1. The highest BCUT2D eigenvalue weighted by atomic mass is 19.1. The molecule has 0 N–H and O–H groups in total. The van der Waals surface area contributed by atoms with E-state index in [4.69, 9.17) is 4.42 Å². The van der Waals surface area contributed by atoms with E-state index in [0.29, 0.717) is 5.65 Å². The summed E-state index contributed by atoms with van der Waals surface area (Å²) in [6, 6.07) is 17.4. The van der Waals surface area contributed by atoms with Crippen molar-refractivity contribution >= 4 is 22.5 Å². The van der Waals surface area contributed by atoms with Crippen LogP contribution < -0.4 is 0 Å². The van der Waals surface area contributed by atoms with Crippen molar-refractivity contribution in [2.24, 2.45) is 0 Å². The van der Waals surface area contributed by atoms with Crippen LogP contribution in [0.2, 0.25) is 0 Å². The van der Waals surface area contributed by atoms with E-state index in [9.17, 15) is 9.18 Å². The third kappa shape index (κ3) is 3.63. The van der Waals surface area contributed by atoms with Crippen LogP contribution in [-0.4, -0.2) is 30.8 Å². The Kier molecular flexibility index (Phi) is 4.66. The van der Waals surface area contributed by atoms with E-state index in [1.54, 1.807) is 33.7 Å². The fourth-order valence-corrected chi connectivity index (χ4v) is 3.67. The van der Waals surface area contributed by atoms with E-state index >= 15 is 0 Å². The number of tetrazole rings is 1. The molecule has 2 aromatic carbocycles. The number of aryl methyl sites for hydroxylation is 1. The van der Waals surface area contributed by atoms with Gasteiger partial charge in [-0.15, -0.1) is 5.10 Å². The maximum atomic E-state index is 13.4. The number of aromatic nitrogens is 4. The minimum atomic E-state index is -0.325. The van der Waals surface area contributed by atoms with Gasteiger partial charge >= 0.3 is 0 Å². The first-order chi connectivity index (χ1) is 15.1. The zero-order chi connectivity index (χ0) is 21.4. The van der Waals surface area contributed by atoms with Crippen LogP contribution in [0.1, 0.15) is 27.2 Å². The number of nitrogens with zero attached hydrogens (tertiary/aromatic N) is 5. The van der Waals surface area contributed by atoms with Gasteiger partial charge in [-0.2, -0.15) is 4.52 Å². The van der Waals surface area contributed by atoms with Crippen molar-refractivity contribution in [3.8, 4) is 0 Å². The van der Waals surface area contributed by atoms with E-state index in [1.165, 1.54) is 18.4 Å². The average molecular weight is 415 g/mol. The fourth-order valence-electron chi connectivity index (χ4n) is 3.67. The molecule has 154 valence electrons. The van der Waals surface area contributed by atoms with Crippen molar-refractivity contribution in [3.63, 3.8) is 0 Å². The van der Waals surface area contributed by atoms with Gasteiger partial charge in [-0.1, -0.05) is 23.8 Å². The van der Waals surface area contributed by atoms with Gasteiger partial charge in [0.1, 0.15) is 5.82 Å². The summed E-state index contributed by atoms with van der Waals surface area (Å²) in [4.78, 5) is 14.8. The Labute approximate surface area is 176 Å². The SMILES string of the molecule is Cc1ccc2c(c1)cc(CN(Cc1ccc(F)cc1)C(=O)c1ccco1)c1nnnn12. The lowest BCUT2D eigenvalue weighted by Gasteiger charge is -2.22. The molecular weight excluding hydrogens is 397 g/mol. The van der Waals surface area contributed by atoms with Crippen LogP contribution in [0.25, 0.3) is 16.6 Å². The van der Waals surface area contributed by atoms with Gasteiger partial charge in [0, 0.05) is 17.5 Å². The molecule has 0 radical (unpaired) electrons. The molecule has 1 amide bonds. The van der Waals surface area contributed by atoms with Crippen LogP contribution in [0.4, 0.5) is 4.39 Å². The molecule has 31 heavy (non-hydrogen) atoms. The number of fused-ring (bicyclic) bond motifs is 3. The molecule has 0 bridgehead atoms. The van der Waals surface area contributed by atoms with Crippen molar-refractivity contribution in [1.29, 1.82) is 0 Å². The molecule has 0 saturated carbocycles. The van der Waals surface area contributed by atoms with Gasteiger partial charge in [0.25, 0.3) is 5.91 Å². The van der Waals surface area contributed by atoms with Gasteiger partial charge in [-0.25, -0.2) is 4.39 Å². The summed E-state index contributed by atoms with van der Waals surface area (Å²) in [6.07, 6.45) is 1.46. The lowest BCUT2D eigenvalue weighted by molar-refractivity contribution is 0.0698. The van der Waals surface area contributed by atoms with Crippen LogP contribution >= 0.6 is 0 Å². The summed E-state index contributed by atoms with van der Waals surface area (Å²) in [5.41, 5.74) is 4.17. The van der Waals surface area contributed by atoms with Crippen LogP contribution in [0.15, 0.2) is 71.3 Å². The predicted octanol–water partition coefficient (Wildman–Crippen LogP) is 4.16. The molecule has 3 heterocycles. The Bertz CT molecular complexity index is 1380. The first-order valence-electron chi connectivity index (χ1n) is 9.76. The lowest BCUT2D eigenvalue weighted by atomic mass is 10.1. The van der Waals surface area contributed by atoms with Crippen LogP contribution in [0, 0.1) is 12.7 Å². The number of hydrogen-bond donors (Lipinski definition) is 0. The maximum absolute atomic E-state index is 13.4. The molecular formula is C23H18FN5O2. The third-order valence-corrected chi connectivity index (χ3v) is 5.16. The molecule has 0 unspecified atom stereocenters. The van der Waals surface area contributed by atoms with Crippen molar-refractivity contribution in [2.45, 2.75) is 20.0 Å². The Balaban J connectivity index is 1.58. The number of amides is 1. The highest BCUT2D eigenvalue weighted by Crippen LogP contribution is 2.23. The number of furan rings is 1. The molecule has 0 aliphatic heterocycles. The molecule has 0 aliphatic rings. The van der Waals surface area contributed by atoms with Gasteiger partial charge in [0.05, 0.1) is 18.3 Å². The smallest absolute Gasteiger partial charge is 0.290 e. The molecule has 3 aromatic heterocycles. The summed E-state index contributed by atoms with van der Waals surface area (Å²) in [6.45, 7) is 2.55. The predicted molar refractivity (Wildman–Crippen MR) is 112 cm³/mol. The summed E-state index contributed by atoms with van der Waals surface area (Å²) >= 11 is 0. The minimum Gasteiger partial charge on any atom is -0.459 e. The Morgan fingerprint density at radius 2 is 1.94 bits per heavy atom. The first kappa shape index (κ1) is 18.9. The van der Waals surface area contributed by atoms with E-state index in [2.05, 4.69) is 21.6 Å². The zero-order valence-electron chi connectivity index (χ0n) is 16.7. The Morgan fingerprint density at radius 3 is 2.71 bits per heavy atom. The average Bonchev–Trinajstić information content (AvgIpc) is 3.46. The number of benzene rings is 2. The normalized spacial score (nSPS) is 11.3. The molecule has 0 aliphatic carbocycles. The second-order valence-electron chi connectivity index (χ2n) is 7.41. The van der Waals surface area contributed by atoms with E-state index in [0.717, 1.165) is 27.6 Å². The Hall–Kier alpha value is -4.07. The van der Waals surface area contributed by atoms with Gasteiger partial charge in [-0.05, 0) is 65.4 Å². The number of pyridine rings is 1. The number of hydrogen-bond acceptors (Lipinski definition) is 5. The van der Waals surface area contributed by atoms with Gasteiger partial charge in [0.2, 0.25) is 0 Å². The number of carbonyl (C=O) groups excluding carboxylic acids is 1. The molecule has 7 nitrogen and oxygen atoms in total. The Morgan fingerprint density at radius 1 is 1.10 bits per heavy atom. The summed E-state index contributed by atoms with van der Waals surface area (Å²) in [5.74, 6) is -0.368. The van der Waals surface area contributed by atoms with E-state index in [-0.39, 0.29) is 30.6 Å². The van der Waals surface area contributed by atoms with E-state index in [1.807, 2.05) is 25.1 Å². The second kappa shape index (κ2) is 7.64. The molecule has 5 aromatic rings. The third-order valence-electron chi connectivity index (χ3n) is 5.16. The monoisotopic (exact) mass is 415 g/mol. The highest BCUT2D eigenvalue weighted by molar-refractivity contribution is 5.91. The number of carbonyl (C=O) groups is 1. The quantitative estimate of drug-likeness (QED) is 0.431. The van der Waals surface area contributed by atoms with Crippen molar-refractivity contribution in [3.05, 3.63) is 95.2 Å². The molecule has 8 heteroatoms. The minimum absolute atomic E-state index is 0.231. The molecule has 0 spiro atoms. The number of rotatable bonds is 5. The van der Waals surface area contributed by atoms with Crippen molar-refractivity contribution < 1.29 is 13.6 Å². The first-order valence-corrected chi connectivity index (χ1v) is 9.76. The number of halogens is 1. The van der Waals surface area contributed by atoms with E-state index < -0.39 is 0 Å². The van der Waals surface area contributed by atoms with Gasteiger partial charge in [-0.3, -0.25) is 4.79 Å². The van der Waals surface area contributed by atoms with Crippen LogP contribution in [0.5, 0.6) is 0 Å². The summed E-state index contributed by atoms with van der Waals surface area (Å²) < 4.78 is 20.4. The standard InChI is InChI=1S/C23H18FN5O2/c1-15-4-9-20-17(11-15)12-18(22-25-26-27-29(20)22)14-28(23(30)21-3-2-10-31-21)13-16-5-7-19(24)8-6-16/h2-12H,13-14H2,1H3. The largest absolute Gasteiger partial charge is 0.459 e. The van der Waals surface area contributed by atoms with Gasteiger partial charge in [0.15, 0.2) is 11.4 Å². The van der Waals surface area contributed by atoms with Crippen LogP contribution in [0.3, 0.4) is 0 Å². The topological polar surface area (TPSA) is 76.5 Å². The second-order valence-corrected chi connectivity index (χ2v) is 7.41. The van der Waals surface area contributed by atoms with Gasteiger partial charge < -0.3 is 9.32 Å². The lowest BCUT2D eigenvalue weighted by Crippen LogP contribution is -2.30. The summed E-state index contributed by atoms with van der Waals surface area (Å²) in [7, 11) is 0. The maximum Gasteiger partial charge on any atom is 0.290 e. The molecule has 0 atom stereocenters. The highest BCUT2D eigenvalue weighted by Gasteiger charge is 2.21. The van der Waals surface area contributed by atoms with Crippen LogP contribution in [-0.2, 0) is 13.1 Å². The fraction of sp³-hybridized carbons (Fsp3) is 0.130. The molecule has 0 fully saturated rings. The molecule has 0 saturated heterocycles. The van der Waals surface area contributed by atoms with Crippen molar-refractivity contribution in [1.82, 2.24) is 24.9 Å².